The van der Waals surface area contributed by atoms with E-state index in [9.17, 15) is 5.11 Å². The van der Waals surface area contributed by atoms with E-state index in [1.807, 2.05) is 25.1 Å². The second kappa shape index (κ2) is 3.88. The van der Waals surface area contributed by atoms with Crippen molar-refractivity contribution in [3.05, 3.63) is 23.8 Å². The highest BCUT2D eigenvalue weighted by Crippen LogP contribution is 2.33. The average Bonchev–Trinajstić information content (AvgIpc) is 2.20. The monoisotopic (exact) mass is 193 g/mol. The van der Waals surface area contributed by atoms with Gasteiger partial charge in [-0.3, -0.25) is 0 Å². The van der Waals surface area contributed by atoms with E-state index in [2.05, 4.69) is 5.32 Å². The number of aliphatic hydroxyl groups excluding tert-OH is 1. The predicted octanol–water partition coefficient (Wildman–Crippen LogP) is 1.93. The molecule has 2 rings (SSSR count). The Bertz CT molecular complexity index is 325. The van der Waals surface area contributed by atoms with E-state index in [0.29, 0.717) is 13.0 Å². The molecular formula is C11H15NO2. The Labute approximate surface area is 83.7 Å². The zero-order chi connectivity index (χ0) is 9.97. The van der Waals surface area contributed by atoms with Crippen LogP contribution in [0.2, 0.25) is 0 Å². The van der Waals surface area contributed by atoms with Crippen LogP contribution in [0.3, 0.4) is 0 Å². The summed E-state index contributed by atoms with van der Waals surface area (Å²) in [6.07, 6.45) is 0.306. The van der Waals surface area contributed by atoms with Gasteiger partial charge in [0, 0.05) is 24.2 Å². The standard InChI is InChI=1S/C11H15NO2/c1-2-12-8-3-4-11-9(7-8)10(13)5-6-14-11/h3-4,7,10,12-13H,2,5-6H2,1H3. The number of ether oxygens (including phenoxy) is 1. The molecule has 0 saturated carbocycles. The summed E-state index contributed by atoms with van der Waals surface area (Å²) in [5, 5.41) is 13.0. The Morgan fingerprint density at radius 1 is 1.57 bits per heavy atom. The van der Waals surface area contributed by atoms with Crippen LogP contribution in [0, 0.1) is 0 Å². The van der Waals surface area contributed by atoms with Gasteiger partial charge in [-0.1, -0.05) is 0 Å². The van der Waals surface area contributed by atoms with Crippen LogP contribution in [-0.2, 0) is 0 Å². The molecule has 3 nitrogen and oxygen atoms in total. The molecule has 1 aliphatic rings. The van der Waals surface area contributed by atoms with Crippen molar-refractivity contribution in [1.82, 2.24) is 0 Å². The molecule has 0 fully saturated rings. The maximum atomic E-state index is 9.75. The molecular weight excluding hydrogens is 178 g/mol. The van der Waals surface area contributed by atoms with Crippen LogP contribution in [0.25, 0.3) is 0 Å². The quantitative estimate of drug-likeness (QED) is 0.754. The molecule has 0 bridgehead atoms. The van der Waals surface area contributed by atoms with Crippen LogP contribution >= 0.6 is 0 Å². The highest BCUT2D eigenvalue weighted by Gasteiger charge is 2.18. The molecule has 0 aromatic heterocycles. The first-order valence-corrected chi connectivity index (χ1v) is 5.00. The van der Waals surface area contributed by atoms with Crippen molar-refractivity contribution in [2.45, 2.75) is 19.4 Å². The van der Waals surface area contributed by atoms with Crippen molar-refractivity contribution in [2.75, 3.05) is 18.5 Å². The van der Waals surface area contributed by atoms with Crippen molar-refractivity contribution in [2.24, 2.45) is 0 Å². The Balaban J connectivity index is 2.31. The van der Waals surface area contributed by atoms with Crippen molar-refractivity contribution < 1.29 is 9.84 Å². The van der Waals surface area contributed by atoms with Gasteiger partial charge in [-0.25, -0.2) is 0 Å². The molecule has 1 aromatic rings. The SMILES string of the molecule is CCNc1ccc2c(c1)C(O)CCO2. The fraction of sp³-hybridized carbons (Fsp3) is 0.455. The van der Waals surface area contributed by atoms with E-state index in [0.717, 1.165) is 23.5 Å². The Kier molecular flexibility index (Phi) is 2.59. The summed E-state index contributed by atoms with van der Waals surface area (Å²) in [5.74, 6) is 0.811. The molecule has 0 aliphatic carbocycles. The van der Waals surface area contributed by atoms with Gasteiger partial charge in [0.05, 0.1) is 12.7 Å². The molecule has 0 saturated heterocycles. The van der Waals surface area contributed by atoms with Gasteiger partial charge in [0.1, 0.15) is 5.75 Å². The molecule has 1 atom stereocenters. The summed E-state index contributed by atoms with van der Waals surface area (Å²) in [6.45, 7) is 3.54. The first kappa shape index (κ1) is 9.34. The number of benzene rings is 1. The maximum Gasteiger partial charge on any atom is 0.125 e. The second-order valence-corrected chi connectivity index (χ2v) is 3.44. The number of fused-ring (bicyclic) bond motifs is 1. The minimum absolute atomic E-state index is 0.377. The van der Waals surface area contributed by atoms with E-state index in [-0.39, 0.29) is 6.10 Å². The van der Waals surface area contributed by atoms with Gasteiger partial charge < -0.3 is 15.2 Å². The van der Waals surface area contributed by atoms with E-state index in [4.69, 9.17) is 4.74 Å². The van der Waals surface area contributed by atoms with E-state index in [1.54, 1.807) is 0 Å². The third-order valence-corrected chi connectivity index (χ3v) is 2.40. The molecule has 0 spiro atoms. The van der Waals surface area contributed by atoms with Gasteiger partial charge >= 0.3 is 0 Å². The minimum atomic E-state index is -0.377. The predicted molar refractivity (Wildman–Crippen MR) is 55.7 cm³/mol. The van der Waals surface area contributed by atoms with Crippen molar-refractivity contribution in [3.63, 3.8) is 0 Å². The number of anilines is 1. The summed E-state index contributed by atoms with van der Waals surface area (Å²) in [6, 6.07) is 5.85. The lowest BCUT2D eigenvalue weighted by molar-refractivity contribution is 0.115. The molecule has 2 N–H and O–H groups in total. The highest BCUT2D eigenvalue weighted by atomic mass is 16.5. The van der Waals surface area contributed by atoms with Crippen molar-refractivity contribution in [1.29, 1.82) is 0 Å². The first-order valence-electron chi connectivity index (χ1n) is 5.00. The van der Waals surface area contributed by atoms with Crippen LogP contribution in [0.4, 0.5) is 5.69 Å². The molecule has 1 aromatic carbocycles. The largest absolute Gasteiger partial charge is 0.493 e. The second-order valence-electron chi connectivity index (χ2n) is 3.44. The molecule has 14 heavy (non-hydrogen) atoms. The molecule has 1 aliphatic heterocycles. The lowest BCUT2D eigenvalue weighted by Gasteiger charge is -2.22. The molecule has 3 heteroatoms. The van der Waals surface area contributed by atoms with Crippen LogP contribution in [0.5, 0.6) is 5.75 Å². The summed E-state index contributed by atoms with van der Waals surface area (Å²) >= 11 is 0. The number of nitrogens with one attached hydrogen (secondary N) is 1. The van der Waals surface area contributed by atoms with Crippen LogP contribution in [0.15, 0.2) is 18.2 Å². The fourth-order valence-electron chi connectivity index (χ4n) is 1.69. The first-order chi connectivity index (χ1) is 6.81. The smallest absolute Gasteiger partial charge is 0.125 e. The lowest BCUT2D eigenvalue weighted by Crippen LogP contribution is -2.14. The topological polar surface area (TPSA) is 41.5 Å². The summed E-state index contributed by atoms with van der Waals surface area (Å²) in [4.78, 5) is 0. The van der Waals surface area contributed by atoms with Gasteiger partial charge in [0.15, 0.2) is 0 Å². The normalized spacial score (nSPS) is 19.7. The van der Waals surface area contributed by atoms with Gasteiger partial charge in [-0.15, -0.1) is 0 Å². The maximum absolute atomic E-state index is 9.75. The molecule has 0 radical (unpaired) electrons. The molecule has 1 heterocycles. The Morgan fingerprint density at radius 3 is 3.21 bits per heavy atom. The van der Waals surface area contributed by atoms with Gasteiger partial charge in [-0.05, 0) is 25.1 Å². The summed E-state index contributed by atoms with van der Waals surface area (Å²) in [7, 11) is 0. The van der Waals surface area contributed by atoms with E-state index in [1.165, 1.54) is 0 Å². The fourth-order valence-corrected chi connectivity index (χ4v) is 1.69. The number of aliphatic hydroxyl groups is 1. The van der Waals surface area contributed by atoms with Gasteiger partial charge in [0.2, 0.25) is 0 Å². The molecule has 0 amide bonds. The van der Waals surface area contributed by atoms with Gasteiger partial charge in [0.25, 0.3) is 0 Å². The Hall–Kier alpha value is -1.22. The third-order valence-electron chi connectivity index (χ3n) is 2.40. The van der Waals surface area contributed by atoms with E-state index < -0.39 is 0 Å². The minimum Gasteiger partial charge on any atom is -0.493 e. The van der Waals surface area contributed by atoms with Gasteiger partial charge in [-0.2, -0.15) is 0 Å². The van der Waals surface area contributed by atoms with Crippen molar-refractivity contribution >= 4 is 5.69 Å². The van der Waals surface area contributed by atoms with E-state index >= 15 is 0 Å². The Morgan fingerprint density at radius 2 is 2.43 bits per heavy atom. The molecule has 1 unspecified atom stereocenters. The average molecular weight is 193 g/mol. The number of hydrogen-bond donors (Lipinski definition) is 2. The number of hydrogen-bond acceptors (Lipinski definition) is 3. The summed E-state index contributed by atoms with van der Waals surface area (Å²) in [5.41, 5.74) is 1.94. The lowest BCUT2D eigenvalue weighted by atomic mass is 10.0. The molecule has 76 valence electrons. The summed E-state index contributed by atoms with van der Waals surface area (Å²) < 4.78 is 5.44. The number of rotatable bonds is 2. The highest BCUT2D eigenvalue weighted by molar-refractivity contribution is 5.52. The van der Waals surface area contributed by atoms with Crippen molar-refractivity contribution in [3.8, 4) is 5.75 Å². The zero-order valence-electron chi connectivity index (χ0n) is 8.29. The van der Waals surface area contributed by atoms with Crippen LogP contribution < -0.4 is 10.1 Å². The third kappa shape index (κ3) is 1.68. The van der Waals surface area contributed by atoms with Crippen LogP contribution in [-0.4, -0.2) is 18.3 Å². The zero-order valence-corrected chi connectivity index (χ0v) is 8.29. The van der Waals surface area contributed by atoms with Crippen LogP contribution in [0.1, 0.15) is 25.0 Å².